The molecule has 0 fully saturated rings. The molecule has 0 aliphatic heterocycles. The second-order valence-corrected chi connectivity index (χ2v) is 6.12. The molecule has 0 aliphatic rings. The molecule has 28 heavy (non-hydrogen) atoms. The Kier molecular flexibility index (Phi) is 6.11. The largest absolute Gasteiger partial charge is 0.339 e. The minimum Gasteiger partial charge on any atom is -0.339 e. The highest BCUT2D eigenvalue weighted by atomic mass is 16.2. The molecule has 3 rings (SSSR count). The maximum atomic E-state index is 12.5. The lowest BCUT2D eigenvalue weighted by molar-refractivity contribution is -0.117. The van der Waals surface area contributed by atoms with Crippen LogP contribution in [0.1, 0.15) is 24.2 Å². The van der Waals surface area contributed by atoms with Gasteiger partial charge in [0.2, 0.25) is 11.7 Å². The first kappa shape index (κ1) is 19.2. The number of hydrogen-bond acceptors (Lipinski definition) is 5. The van der Waals surface area contributed by atoms with Crippen molar-refractivity contribution in [3.8, 4) is 11.4 Å². The Morgan fingerprint density at radius 1 is 1.04 bits per heavy atom. The molecule has 0 aliphatic carbocycles. The van der Waals surface area contributed by atoms with Gasteiger partial charge in [-0.05, 0) is 37.3 Å². The number of aromatic nitrogens is 4. The van der Waals surface area contributed by atoms with Crippen molar-refractivity contribution in [2.24, 2.45) is 0 Å². The summed E-state index contributed by atoms with van der Waals surface area (Å²) in [6.07, 6.45) is 0. The minimum atomic E-state index is -0.301. The Balaban J connectivity index is 1.65. The van der Waals surface area contributed by atoms with Crippen LogP contribution in [0.15, 0.2) is 54.6 Å². The summed E-state index contributed by atoms with van der Waals surface area (Å²) in [5, 5.41) is 14.9. The first-order valence-electron chi connectivity index (χ1n) is 9.13. The molecular weight excluding hydrogens is 356 g/mol. The van der Waals surface area contributed by atoms with Crippen molar-refractivity contribution in [2.45, 2.75) is 20.4 Å². The van der Waals surface area contributed by atoms with E-state index < -0.39 is 0 Å². The highest BCUT2D eigenvalue weighted by Gasteiger charge is 2.14. The quantitative estimate of drug-likeness (QED) is 0.682. The molecule has 0 atom stereocenters. The normalized spacial score (nSPS) is 10.5. The monoisotopic (exact) mass is 378 g/mol. The first-order chi connectivity index (χ1) is 13.6. The van der Waals surface area contributed by atoms with E-state index in [4.69, 9.17) is 0 Å². The van der Waals surface area contributed by atoms with Gasteiger partial charge in [0.1, 0.15) is 6.54 Å². The predicted molar refractivity (Wildman–Crippen MR) is 106 cm³/mol. The molecule has 1 aromatic heterocycles. The van der Waals surface area contributed by atoms with Crippen LogP contribution in [0.4, 0.5) is 5.69 Å². The van der Waals surface area contributed by atoms with E-state index in [0.717, 1.165) is 5.56 Å². The molecule has 0 saturated heterocycles. The van der Waals surface area contributed by atoms with Crippen LogP contribution in [-0.4, -0.2) is 50.0 Å². The van der Waals surface area contributed by atoms with Gasteiger partial charge in [0, 0.05) is 29.9 Å². The lowest BCUT2D eigenvalue weighted by Crippen LogP contribution is -2.30. The summed E-state index contributed by atoms with van der Waals surface area (Å²) < 4.78 is 0. The van der Waals surface area contributed by atoms with Crippen LogP contribution in [0.2, 0.25) is 0 Å². The van der Waals surface area contributed by atoms with E-state index in [0.29, 0.717) is 30.2 Å². The third-order valence-corrected chi connectivity index (χ3v) is 4.21. The number of amides is 2. The van der Waals surface area contributed by atoms with Gasteiger partial charge in [0.25, 0.3) is 5.91 Å². The number of nitrogens with one attached hydrogen (secondary N) is 1. The first-order valence-corrected chi connectivity index (χ1v) is 9.13. The van der Waals surface area contributed by atoms with Gasteiger partial charge in [-0.25, -0.2) is 0 Å². The standard InChI is InChI=1S/C20H22N6O2/c1-3-25(4-2)20(28)16-11-8-12-17(13-16)21-18(27)14-26-23-19(22-24-26)15-9-6-5-7-10-15/h5-13H,3-4,14H2,1-2H3,(H,21,27). The molecule has 0 saturated carbocycles. The molecule has 0 bridgehead atoms. The summed E-state index contributed by atoms with van der Waals surface area (Å²) in [7, 11) is 0. The smallest absolute Gasteiger partial charge is 0.253 e. The van der Waals surface area contributed by atoms with Gasteiger partial charge >= 0.3 is 0 Å². The number of nitrogens with zero attached hydrogens (tertiary/aromatic N) is 5. The zero-order chi connectivity index (χ0) is 19.9. The number of tetrazole rings is 1. The van der Waals surface area contributed by atoms with Crippen molar-refractivity contribution in [3.63, 3.8) is 0 Å². The van der Waals surface area contributed by atoms with Gasteiger partial charge in [0.15, 0.2) is 0 Å². The number of hydrogen-bond donors (Lipinski definition) is 1. The molecule has 2 aromatic carbocycles. The molecule has 1 N–H and O–H groups in total. The Bertz CT molecular complexity index is 950. The number of benzene rings is 2. The van der Waals surface area contributed by atoms with Crippen molar-refractivity contribution in [1.29, 1.82) is 0 Å². The average molecular weight is 378 g/mol. The summed E-state index contributed by atoms with van der Waals surface area (Å²) in [5.74, 6) is 0.0937. The predicted octanol–water partition coefficient (Wildman–Crippen LogP) is 2.46. The van der Waals surface area contributed by atoms with E-state index in [-0.39, 0.29) is 18.4 Å². The Morgan fingerprint density at radius 3 is 2.50 bits per heavy atom. The van der Waals surface area contributed by atoms with Gasteiger partial charge in [-0.1, -0.05) is 36.4 Å². The van der Waals surface area contributed by atoms with Crippen molar-refractivity contribution in [1.82, 2.24) is 25.1 Å². The zero-order valence-electron chi connectivity index (χ0n) is 15.9. The summed E-state index contributed by atoms with van der Waals surface area (Å²) in [6, 6.07) is 16.3. The maximum absolute atomic E-state index is 12.5. The number of anilines is 1. The van der Waals surface area contributed by atoms with Crippen LogP contribution >= 0.6 is 0 Å². The highest BCUT2D eigenvalue weighted by Crippen LogP contribution is 2.14. The minimum absolute atomic E-state index is 0.0634. The summed E-state index contributed by atoms with van der Waals surface area (Å²) >= 11 is 0. The van der Waals surface area contributed by atoms with E-state index in [2.05, 4.69) is 20.7 Å². The van der Waals surface area contributed by atoms with Crippen LogP contribution in [0.5, 0.6) is 0 Å². The Hall–Kier alpha value is -3.55. The van der Waals surface area contributed by atoms with Crippen molar-refractivity contribution >= 4 is 17.5 Å². The lowest BCUT2D eigenvalue weighted by atomic mass is 10.1. The molecule has 144 valence electrons. The average Bonchev–Trinajstić information content (AvgIpc) is 3.18. The molecular formula is C20H22N6O2. The van der Waals surface area contributed by atoms with Crippen LogP contribution in [0.3, 0.4) is 0 Å². The van der Waals surface area contributed by atoms with Gasteiger partial charge in [-0.15, -0.1) is 10.2 Å². The van der Waals surface area contributed by atoms with Crippen molar-refractivity contribution < 1.29 is 9.59 Å². The van der Waals surface area contributed by atoms with Crippen molar-refractivity contribution in [2.75, 3.05) is 18.4 Å². The Labute approximate surface area is 163 Å². The van der Waals surface area contributed by atoms with E-state index >= 15 is 0 Å². The zero-order valence-corrected chi connectivity index (χ0v) is 15.9. The van der Waals surface area contributed by atoms with Gasteiger partial charge in [-0.3, -0.25) is 9.59 Å². The fraction of sp³-hybridized carbons (Fsp3) is 0.250. The topological polar surface area (TPSA) is 93.0 Å². The van der Waals surface area contributed by atoms with Crippen LogP contribution in [-0.2, 0) is 11.3 Å². The lowest BCUT2D eigenvalue weighted by Gasteiger charge is -2.19. The van der Waals surface area contributed by atoms with Gasteiger partial charge in [-0.2, -0.15) is 4.80 Å². The summed E-state index contributed by atoms with van der Waals surface area (Å²) in [6.45, 7) is 5.05. The second kappa shape index (κ2) is 8.90. The SMILES string of the molecule is CCN(CC)C(=O)c1cccc(NC(=O)Cn2nnc(-c3ccccc3)n2)c1. The van der Waals surface area contributed by atoms with E-state index in [1.165, 1.54) is 4.80 Å². The Morgan fingerprint density at radius 2 is 1.79 bits per heavy atom. The molecule has 0 unspecified atom stereocenters. The van der Waals surface area contributed by atoms with E-state index in [9.17, 15) is 9.59 Å². The highest BCUT2D eigenvalue weighted by molar-refractivity contribution is 5.97. The molecule has 3 aromatic rings. The van der Waals surface area contributed by atoms with Crippen LogP contribution in [0, 0.1) is 0 Å². The molecule has 8 heteroatoms. The van der Waals surface area contributed by atoms with Gasteiger partial charge in [0.05, 0.1) is 0 Å². The van der Waals surface area contributed by atoms with Crippen LogP contribution < -0.4 is 5.32 Å². The molecule has 0 spiro atoms. The number of carbonyl (C=O) groups excluding carboxylic acids is 2. The number of carbonyl (C=O) groups is 2. The summed E-state index contributed by atoms with van der Waals surface area (Å²) in [4.78, 5) is 27.7. The van der Waals surface area contributed by atoms with Crippen molar-refractivity contribution in [3.05, 3.63) is 60.2 Å². The maximum Gasteiger partial charge on any atom is 0.253 e. The molecule has 8 nitrogen and oxygen atoms in total. The van der Waals surface area contributed by atoms with Crippen LogP contribution in [0.25, 0.3) is 11.4 Å². The third kappa shape index (κ3) is 4.59. The second-order valence-electron chi connectivity index (χ2n) is 6.12. The van der Waals surface area contributed by atoms with E-state index in [1.54, 1.807) is 29.2 Å². The summed E-state index contributed by atoms with van der Waals surface area (Å²) in [5.41, 5.74) is 1.91. The van der Waals surface area contributed by atoms with E-state index in [1.807, 2.05) is 44.2 Å². The number of rotatable bonds is 7. The van der Waals surface area contributed by atoms with Gasteiger partial charge < -0.3 is 10.2 Å². The molecule has 2 amide bonds. The molecule has 1 heterocycles. The third-order valence-electron chi connectivity index (χ3n) is 4.21. The fourth-order valence-electron chi connectivity index (χ4n) is 2.77. The molecule has 0 radical (unpaired) electrons. The fourth-order valence-corrected chi connectivity index (χ4v) is 2.77.